The van der Waals surface area contributed by atoms with E-state index in [2.05, 4.69) is 15.8 Å². The van der Waals surface area contributed by atoms with E-state index in [9.17, 15) is 24.3 Å². The molecule has 2 aliphatic rings. The number of alkyl carbamates (subject to hydrolysis) is 1. The van der Waals surface area contributed by atoms with Crippen molar-refractivity contribution in [2.45, 2.75) is 18.3 Å². The minimum absolute atomic E-state index is 0.00757. The van der Waals surface area contributed by atoms with Crippen molar-refractivity contribution in [3.05, 3.63) is 47.2 Å². The molecule has 0 spiro atoms. The molecule has 1 fully saturated rings. The summed E-state index contributed by atoms with van der Waals surface area (Å²) < 4.78 is 4.94. The summed E-state index contributed by atoms with van der Waals surface area (Å²) in [5.74, 6) is -2.28. The molecule has 1 saturated heterocycles. The molecular formula is C20H22N4O7S. The average molecular weight is 462 g/mol. The topological polar surface area (TPSA) is 147 Å². The molecule has 3 amide bonds. The van der Waals surface area contributed by atoms with Crippen LogP contribution in [0.2, 0.25) is 0 Å². The van der Waals surface area contributed by atoms with Crippen molar-refractivity contribution in [2.24, 2.45) is 5.16 Å². The van der Waals surface area contributed by atoms with Crippen LogP contribution in [0, 0.1) is 0 Å². The van der Waals surface area contributed by atoms with Crippen LogP contribution in [-0.2, 0) is 24.0 Å². The number of hydrogen-bond acceptors (Lipinski definition) is 8. The van der Waals surface area contributed by atoms with Crippen molar-refractivity contribution >= 4 is 41.4 Å². The number of β-lactam (4-membered cyclic amide) rings is 1. The molecule has 2 heterocycles. The highest BCUT2D eigenvalue weighted by atomic mass is 32.2. The maximum atomic E-state index is 12.9. The van der Waals surface area contributed by atoms with Crippen LogP contribution in [0.1, 0.15) is 12.5 Å². The van der Waals surface area contributed by atoms with E-state index in [4.69, 9.17) is 9.57 Å². The third-order valence-corrected chi connectivity index (χ3v) is 6.00. The van der Waals surface area contributed by atoms with Crippen LogP contribution in [0.15, 0.2) is 46.8 Å². The lowest BCUT2D eigenvalue weighted by Crippen LogP contribution is -2.71. The molecule has 32 heavy (non-hydrogen) atoms. The van der Waals surface area contributed by atoms with Crippen LogP contribution >= 0.6 is 11.8 Å². The minimum Gasteiger partial charge on any atom is -0.477 e. The molecule has 1 aromatic rings. The number of carboxylic acids is 1. The third-order valence-electron chi connectivity index (χ3n) is 4.67. The molecule has 3 N–H and O–H groups in total. The number of aliphatic carboxylic acids is 1. The summed E-state index contributed by atoms with van der Waals surface area (Å²) in [4.78, 5) is 54.9. The van der Waals surface area contributed by atoms with Gasteiger partial charge >= 0.3 is 12.1 Å². The van der Waals surface area contributed by atoms with Gasteiger partial charge in [-0.3, -0.25) is 14.5 Å². The van der Waals surface area contributed by atoms with E-state index in [1.165, 1.54) is 18.8 Å². The Bertz CT molecular complexity index is 979. The van der Waals surface area contributed by atoms with Gasteiger partial charge in [0.15, 0.2) is 5.71 Å². The summed E-state index contributed by atoms with van der Waals surface area (Å²) in [6.07, 6.45) is -0.712. The molecule has 0 bridgehead atoms. The summed E-state index contributed by atoms with van der Waals surface area (Å²) in [6.45, 7) is 1.72. The Morgan fingerprint density at radius 3 is 2.62 bits per heavy atom. The molecule has 0 aromatic heterocycles. The Balaban J connectivity index is 1.76. The molecule has 11 nitrogen and oxygen atoms in total. The molecule has 0 radical (unpaired) electrons. The molecule has 1 aromatic carbocycles. The first kappa shape index (κ1) is 23.1. The van der Waals surface area contributed by atoms with E-state index in [-0.39, 0.29) is 30.4 Å². The van der Waals surface area contributed by atoms with Gasteiger partial charge in [-0.2, -0.15) is 0 Å². The number of rotatable bonds is 8. The van der Waals surface area contributed by atoms with E-state index in [1.807, 2.05) is 0 Å². The van der Waals surface area contributed by atoms with Gasteiger partial charge in [0.2, 0.25) is 0 Å². The van der Waals surface area contributed by atoms with Crippen LogP contribution in [0.3, 0.4) is 0 Å². The molecule has 2 aliphatic heterocycles. The highest BCUT2D eigenvalue weighted by Crippen LogP contribution is 2.40. The van der Waals surface area contributed by atoms with Crippen LogP contribution in [-0.4, -0.2) is 77.0 Å². The fourth-order valence-corrected chi connectivity index (χ4v) is 4.51. The van der Waals surface area contributed by atoms with Crippen LogP contribution in [0.25, 0.3) is 0 Å². The highest BCUT2D eigenvalue weighted by Gasteiger charge is 2.54. The number of benzene rings is 1. The minimum atomic E-state index is -1.31. The number of hydrogen-bond donors (Lipinski definition) is 3. The summed E-state index contributed by atoms with van der Waals surface area (Å²) in [7, 11) is 1.38. The van der Waals surface area contributed by atoms with Gasteiger partial charge in [-0.15, -0.1) is 11.8 Å². The van der Waals surface area contributed by atoms with Gasteiger partial charge < -0.3 is 25.3 Å². The molecule has 2 atom stereocenters. The fourth-order valence-electron chi connectivity index (χ4n) is 3.18. The van der Waals surface area contributed by atoms with Crippen molar-refractivity contribution in [3.63, 3.8) is 0 Å². The van der Waals surface area contributed by atoms with E-state index in [0.717, 1.165) is 4.90 Å². The van der Waals surface area contributed by atoms with Crippen LogP contribution < -0.4 is 10.6 Å². The maximum absolute atomic E-state index is 12.9. The lowest BCUT2D eigenvalue weighted by molar-refractivity contribution is -0.150. The van der Waals surface area contributed by atoms with E-state index in [1.54, 1.807) is 37.3 Å². The number of ether oxygens (including phenoxy) is 1. The van der Waals surface area contributed by atoms with Crippen molar-refractivity contribution < 1.29 is 33.9 Å². The number of nitrogens with zero attached hydrogens (tertiary/aromatic N) is 2. The number of nitrogens with one attached hydrogen (secondary N) is 2. The number of fused-ring (bicyclic) bond motifs is 1. The lowest BCUT2D eigenvalue weighted by atomic mass is 10.0. The lowest BCUT2D eigenvalue weighted by Gasteiger charge is -2.49. The van der Waals surface area contributed by atoms with E-state index < -0.39 is 35.3 Å². The van der Waals surface area contributed by atoms with Gasteiger partial charge in [0.25, 0.3) is 11.8 Å². The van der Waals surface area contributed by atoms with Crippen molar-refractivity contribution in [3.8, 4) is 0 Å². The Hall–Kier alpha value is -3.54. The summed E-state index contributed by atoms with van der Waals surface area (Å²) in [6, 6.07) is 7.71. The van der Waals surface area contributed by atoms with Gasteiger partial charge in [0, 0.05) is 23.9 Å². The first-order chi connectivity index (χ1) is 15.4. The predicted molar refractivity (Wildman–Crippen MR) is 115 cm³/mol. The molecule has 0 saturated carbocycles. The summed E-state index contributed by atoms with van der Waals surface area (Å²) in [5.41, 5.74) is 0.578. The molecular weight excluding hydrogens is 440 g/mol. The van der Waals surface area contributed by atoms with Gasteiger partial charge in [-0.25, -0.2) is 9.59 Å². The van der Waals surface area contributed by atoms with Gasteiger partial charge in [0.1, 0.15) is 30.3 Å². The zero-order chi connectivity index (χ0) is 23.3. The van der Waals surface area contributed by atoms with E-state index >= 15 is 0 Å². The molecule has 3 rings (SSSR count). The Labute approximate surface area is 187 Å². The fraction of sp³-hybridized carbons (Fsp3) is 0.350. The smallest absolute Gasteiger partial charge is 0.407 e. The second kappa shape index (κ2) is 10.2. The predicted octanol–water partition coefficient (Wildman–Crippen LogP) is 0.522. The monoisotopic (exact) mass is 462 g/mol. The second-order valence-corrected chi connectivity index (χ2v) is 7.77. The molecule has 0 aliphatic carbocycles. The number of carboxylic acid groups (broad SMARTS) is 1. The first-order valence-electron chi connectivity index (χ1n) is 9.69. The van der Waals surface area contributed by atoms with Crippen LogP contribution in [0.4, 0.5) is 4.79 Å². The number of amides is 3. The zero-order valence-corrected chi connectivity index (χ0v) is 18.2. The first-order valence-corrected chi connectivity index (χ1v) is 10.7. The Kier molecular flexibility index (Phi) is 7.36. The van der Waals surface area contributed by atoms with Crippen LogP contribution in [0.5, 0.6) is 0 Å². The normalized spacial score (nSPS) is 20.1. The highest BCUT2D eigenvalue weighted by molar-refractivity contribution is 8.00. The number of carbonyl (C=O) groups excluding carboxylic acids is 3. The Morgan fingerprint density at radius 1 is 1.28 bits per heavy atom. The number of oxime groups is 1. The Morgan fingerprint density at radius 2 is 2.00 bits per heavy atom. The standard InChI is InChI=1S/C20H22N4O7S/c1-3-31-23-13(11-7-5-4-6-8-11)16(25)22-14-17(26)24-15(19(27)28)12(10-32-18(14)24)9-30-20(29)21-2/h4-8,14,18H,3,9-10H2,1-2H3,(H,21,29)(H,22,25)(H,27,28)/t14-,18-/m1/s1. The number of thioether (sulfide) groups is 1. The average Bonchev–Trinajstić information content (AvgIpc) is 2.80. The van der Waals surface area contributed by atoms with Gasteiger partial charge in [-0.1, -0.05) is 35.5 Å². The largest absolute Gasteiger partial charge is 0.477 e. The summed E-state index contributed by atoms with van der Waals surface area (Å²) in [5, 5.41) is 17.8. The summed E-state index contributed by atoms with van der Waals surface area (Å²) >= 11 is 1.27. The maximum Gasteiger partial charge on any atom is 0.407 e. The molecule has 12 heteroatoms. The molecule has 0 unspecified atom stereocenters. The molecule has 170 valence electrons. The number of carbonyl (C=O) groups is 4. The van der Waals surface area contributed by atoms with Crippen molar-refractivity contribution in [1.29, 1.82) is 0 Å². The van der Waals surface area contributed by atoms with E-state index in [0.29, 0.717) is 11.1 Å². The SMILES string of the molecule is CCON=C(C(=O)N[C@@H]1C(=O)N2C(C(=O)O)=C(COC(=O)NC)CS[C@H]12)c1ccccc1. The van der Waals surface area contributed by atoms with Gasteiger partial charge in [-0.05, 0) is 6.92 Å². The zero-order valence-electron chi connectivity index (χ0n) is 17.4. The third kappa shape index (κ3) is 4.69. The second-order valence-electron chi connectivity index (χ2n) is 6.67. The van der Waals surface area contributed by atoms with Crippen molar-refractivity contribution in [2.75, 3.05) is 26.0 Å². The quantitative estimate of drug-likeness (QED) is 0.288. The van der Waals surface area contributed by atoms with Crippen molar-refractivity contribution in [1.82, 2.24) is 15.5 Å². The van der Waals surface area contributed by atoms with Gasteiger partial charge in [0.05, 0.1) is 0 Å².